The molecule has 1 unspecified atom stereocenters. The maximum Gasteiger partial charge on any atom is 0.351 e. The highest BCUT2D eigenvalue weighted by atomic mass is 16.5. The average Bonchev–Trinajstić information content (AvgIpc) is 2.60. The van der Waals surface area contributed by atoms with Crippen LogP contribution in [-0.4, -0.2) is 38.6 Å². The maximum atomic E-state index is 11.5. The minimum atomic E-state index is -0.833. The van der Waals surface area contributed by atoms with Crippen molar-refractivity contribution in [3.05, 3.63) is 22.7 Å². The Morgan fingerprint density at radius 3 is 3.00 bits per heavy atom. The number of aliphatic hydroxyl groups excluding tert-OH is 2. The smallest absolute Gasteiger partial charge is 0.351 e. The van der Waals surface area contributed by atoms with Gasteiger partial charge in [0, 0.05) is 12.6 Å². The number of hydrogen-bond donors (Lipinski definition) is 3. The van der Waals surface area contributed by atoms with Crippen molar-refractivity contribution >= 4 is 5.82 Å². The molecule has 16 heavy (non-hydrogen) atoms. The van der Waals surface area contributed by atoms with Crippen molar-refractivity contribution in [2.75, 3.05) is 12.3 Å². The van der Waals surface area contributed by atoms with Gasteiger partial charge in [-0.1, -0.05) is 0 Å². The van der Waals surface area contributed by atoms with Gasteiger partial charge < -0.3 is 20.7 Å². The molecule has 0 bridgehead atoms. The summed E-state index contributed by atoms with van der Waals surface area (Å²) in [5.74, 6) is 0.118. The van der Waals surface area contributed by atoms with Crippen LogP contribution in [0.3, 0.4) is 0 Å². The van der Waals surface area contributed by atoms with Crippen molar-refractivity contribution in [2.24, 2.45) is 0 Å². The van der Waals surface area contributed by atoms with Gasteiger partial charge in [0.05, 0.1) is 12.7 Å². The topological polar surface area (TPSA) is 111 Å². The monoisotopic (exact) mass is 227 g/mol. The normalized spacial score (nSPS) is 29.5. The minimum Gasteiger partial charge on any atom is -0.394 e. The van der Waals surface area contributed by atoms with Crippen molar-refractivity contribution < 1.29 is 14.9 Å². The van der Waals surface area contributed by atoms with Crippen LogP contribution >= 0.6 is 0 Å². The van der Waals surface area contributed by atoms with Gasteiger partial charge in [0.1, 0.15) is 11.9 Å². The van der Waals surface area contributed by atoms with Gasteiger partial charge in [-0.05, 0) is 6.07 Å². The van der Waals surface area contributed by atoms with Crippen LogP contribution in [0.2, 0.25) is 0 Å². The van der Waals surface area contributed by atoms with Gasteiger partial charge in [-0.15, -0.1) is 0 Å². The summed E-state index contributed by atoms with van der Waals surface area (Å²) in [5.41, 5.74) is 4.77. The van der Waals surface area contributed by atoms with Gasteiger partial charge in [-0.2, -0.15) is 4.98 Å². The zero-order valence-electron chi connectivity index (χ0n) is 8.48. The molecule has 0 radical (unpaired) electrons. The Hall–Kier alpha value is -1.44. The van der Waals surface area contributed by atoms with Gasteiger partial charge in [0.25, 0.3) is 0 Å². The molecule has 0 spiro atoms. The summed E-state index contributed by atoms with van der Waals surface area (Å²) in [7, 11) is 0. The average molecular weight is 227 g/mol. The van der Waals surface area contributed by atoms with Crippen LogP contribution in [0.5, 0.6) is 0 Å². The summed E-state index contributed by atoms with van der Waals surface area (Å²) in [6.45, 7) is -0.190. The molecule has 0 aromatic carbocycles. The first-order chi connectivity index (χ1) is 7.61. The zero-order chi connectivity index (χ0) is 11.7. The maximum absolute atomic E-state index is 11.5. The number of aromatic nitrogens is 2. The molecule has 0 amide bonds. The van der Waals surface area contributed by atoms with Gasteiger partial charge in [0.15, 0.2) is 6.23 Å². The van der Waals surface area contributed by atoms with Crippen LogP contribution in [0.1, 0.15) is 12.6 Å². The van der Waals surface area contributed by atoms with E-state index in [0.717, 1.165) is 4.57 Å². The van der Waals surface area contributed by atoms with Crippen LogP contribution in [0.4, 0.5) is 5.82 Å². The Bertz CT molecular complexity index is 433. The highest BCUT2D eigenvalue weighted by Crippen LogP contribution is 2.27. The second kappa shape index (κ2) is 4.20. The molecule has 2 rings (SSSR count). The SMILES string of the molecule is Nc1ccn([C@@H]2OC(CO)C[C@@H]2O)c(=O)n1. The summed E-state index contributed by atoms with van der Waals surface area (Å²) >= 11 is 0. The summed E-state index contributed by atoms with van der Waals surface area (Å²) in [6.07, 6.45) is -0.390. The van der Waals surface area contributed by atoms with Crippen LogP contribution in [-0.2, 0) is 4.74 Å². The van der Waals surface area contributed by atoms with Crippen molar-refractivity contribution in [1.29, 1.82) is 0 Å². The Morgan fingerprint density at radius 1 is 1.69 bits per heavy atom. The molecule has 88 valence electrons. The molecule has 1 aromatic heterocycles. The van der Waals surface area contributed by atoms with E-state index in [1.165, 1.54) is 12.3 Å². The second-order valence-electron chi connectivity index (χ2n) is 3.68. The highest BCUT2D eigenvalue weighted by molar-refractivity contribution is 5.23. The molecule has 4 N–H and O–H groups in total. The van der Waals surface area contributed by atoms with Crippen LogP contribution in [0.15, 0.2) is 17.1 Å². The van der Waals surface area contributed by atoms with Crippen LogP contribution in [0, 0.1) is 0 Å². The third-order valence-electron chi connectivity index (χ3n) is 2.49. The fourth-order valence-corrected chi connectivity index (χ4v) is 1.72. The molecule has 1 aliphatic heterocycles. The number of aliphatic hydroxyl groups is 2. The first-order valence-electron chi connectivity index (χ1n) is 4.91. The fourth-order valence-electron chi connectivity index (χ4n) is 1.72. The standard InChI is InChI=1S/C9H13N3O4/c10-7-1-2-12(9(15)11-7)8-6(14)3-5(4-13)16-8/h1-2,5-6,8,13-14H,3-4H2,(H2,10,11,15)/t5?,6-,8+/m0/s1. The first kappa shape index (κ1) is 11.1. The van der Waals surface area contributed by atoms with E-state index >= 15 is 0 Å². The lowest BCUT2D eigenvalue weighted by molar-refractivity contribution is -0.0529. The quantitative estimate of drug-likeness (QED) is 0.565. The van der Waals surface area contributed by atoms with Gasteiger partial charge in [0.2, 0.25) is 0 Å². The molecule has 1 aliphatic rings. The lowest BCUT2D eigenvalue weighted by Crippen LogP contribution is -2.31. The number of nitrogens with zero attached hydrogens (tertiary/aromatic N) is 2. The Labute approximate surface area is 91.1 Å². The molecule has 2 heterocycles. The largest absolute Gasteiger partial charge is 0.394 e. The molecule has 0 aliphatic carbocycles. The molecule has 1 fully saturated rings. The number of nitrogens with two attached hydrogens (primary N) is 1. The summed E-state index contributed by atoms with van der Waals surface area (Å²) in [5, 5.41) is 18.6. The molecular formula is C9H13N3O4. The Morgan fingerprint density at radius 2 is 2.44 bits per heavy atom. The van der Waals surface area contributed by atoms with E-state index in [1.807, 2.05) is 0 Å². The lowest BCUT2D eigenvalue weighted by atomic mass is 10.2. The van der Waals surface area contributed by atoms with Crippen molar-refractivity contribution in [3.8, 4) is 0 Å². The number of hydrogen-bond acceptors (Lipinski definition) is 6. The zero-order valence-corrected chi connectivity index (χ0v) is 8.48. The number of ether oxygens (including phenoxy) is 1. The lowest BCUT2D eigenvalue weighted by Gasteiger charge is -2.16. The Kier molecular flexibility index (Phi) is 2.90. The first-order valence-corrected chi connectivity index (χ1v) is 4.91. The van der Waals surface area contributed by atoms with E-state index in [9.17, 15) is 9.90 Å². The van der Waals surface area contributed by atoms with Gasteiger partial charge in [-0.3, -0.25) is 4.57 Å². The van der Waals surface area contributed by atoms with Crippen molar-refractivity contribution in [2.45, 2.75) is 24.9 Å². The molecule has 0 saturated carbocycles. The van der Waals surface area contributed by atoms with E-state index in [4.69, 9.17) is 15.6 Å². The molecule has 3 atom stereocenters. The van der Waals surface area contributed by atoms with E-state index in [2.05, 4.69) is 4.98 Å². The van der Waals surface area contributed by atoms with Crippen molar-refractivity contribution in [1.82, 2.24) is 9.55 Å². The molecule has 7 heteroatoms. The third kappa shape index (κ3) is 1.92. The fraction of sp³-hybridized carbons (Fsp3) is 0.556. The summed E-state index contributed by atoms with van der Waals surface area (Å²) in [4.78, 5) is 15.0. The molecular weight excluding hydrogens is 214 g/mol. The Balaban J connectivity index is 2.28. The third-order valence-corrected chi connectivity index (χ3v) is 2.49. The molecule has 7 nitrogen and oxygen atoms in total. The van der Waals surface area contributed by atoms with Crippen LogP contribution in [0.25, 0.3) is 0 Å². The van der Waals surface area contributed by atoms with E-state index < -0.39 is 24.1 Å². The van der Waals surface area contributed by atoms with E-state index in [0.29, 0.717) is 0 Å². The second-order valence-corrected chi connectivity index (χ2v) is 3.68. The molecule has 1 aromatic rings. The molecule has 1 saturated heterocycles. The van der Waals surface area contributed by atoms with Gasteiger partial charge in [-0.25, -0.2) is 4.79 Å². The summed E-state index contributed by atoms with van der Waals surface area (Å²) < 4.78 is 6.48. The van der Waals surface area contributed by atoms with Crippen LogP contribution < -0.4 is 11.4 Å². The van der Waals surface area contributed by atoms with E-state index in [1.54, 1.807) is 0 Å². The van der Waals surface area contributed by atoms with Crippen molar-refractivity contribution in [3.63, 3.8) is 0 Å². The van der Waals surface area contributed by atoms with Gasteiger partial charge >= 0.3 is 5.69 Å². The minimum absolute atomic E-state index is 0.118. The number of rotatable bonds is 2. The summed E-state index contributed by atoms with van der Waals surface area (Å²) in [6, 6.07) is 1.45. The predicted molar refractivity (Wildman–Crippen MR) is 54.5 cm³/mol. The van der Waals surface area contributed by atoms with E-state index in [-0.39, 0.29) is 18.8 Å². The predicted octanol–water partition coefficient (Wildman–Crippen LogP) is -1.53. The number of anilines is 1. The highest BCUT2D eigenvalue weighted by Gasteiger charge is 2.35. The number of nitrogen functional groups attached to an aromatic ring is 1.